The summed E-state index contributed by atoms with van der Waals surface area (Å²) >= 11 is 0. The minimum atomic E-state index is 0.292. The van der Waals surface area contributed by atoms with Crippen molar-refractivity contribution < 1.29 is 4.42 Å². The smallest absolute Gasteiger partial charge is 0.149 e. The molecule has 3 heterocycles. The van der Waals surface area contributed by atoms with Gasteiger partial charge in [-0.25, -0.2) is 4.98 Å². The number of hydrogen-bond acceptors (Lipinski definition) is 3. The van der Waals surface area contributed by atoms with Crippen LogP contribution in [-0.4, -0.2) is 14.5 Å². The first-order chi connectivity index (χ1) is 19.5. The van der Waals surface area contributed by atoms with Crippen molar-refractivity contribution in [2.24, 2.45) is 0 Å². The average Bonchev–Trinajstić information content (AvgIpc) is 3.55. The molecule has 0 fully saturated rings. The summed E-state index contributed by atoms with van der Waals surface area (Å²) < 4.78 is 8.81. The summed E-state index contributed by atoms with van der Waals surface area (Å²) in [5, 5.41) is 2.21. The second-order valence-corrected chi connectivity index (χ2v) is 11.1. The monoisotopic (exact) mass is 521 g/mol. The SMILES string of the molecule is CC(C)c1cc(-c2ccccc2)cc(C(C)C)c1-n1c(-c2cccc3c2oc2ccccc23)nc2ccncc21. The number of rotatable bonds is 5. The van der Waals surface area contributed by atoms with Crippen LogP contribution in [0.4, 0.5) is 0 Å². The fourth-order valence-electron chi connectivity index (χ4n) is 5.87. The molecule has 196 valence electrons. The number of benzene rings is 4. The number of para-hydroxylation sites is 2. The Morgan fingerprint density at radius 1 is 0.700 bits per heavy atom. The van der Waals surface area contributed by atoms with E-state index in [2.05, 4.69) is 110 Å². The Balaban J connectivity index is 1.59. The van der Waals surface area contributed by atoms with Crippen LogP contribution in [0, 0.1) is 0 Å². The van der Waals surface area contributed by atoms with E-state index in [0.717, 1.165) is 44.4 Å². The highest BCUT2D eigenvalue weighted by Gasteiger charge is 2.25. The van der Waals surface area contributed by atoms with Gasteiger partial charge in [0.05, 0.1) is 28.5 Å². The van der Waals surface area contributed by atoms with Crippen LogP contribution in [0.1, 0.15) is 50.7 Å². The van der Waals surface area contributed by atoms with E-state index >= 15 is 0 Å². The van der Waals surface area contributed by atoms with Gasteiger partial charge in [0.15, 0.2) is 0 Å². The minimum Gasteiger partial charge on any atom is -0.455 e. The molecule has 0 spiro atoms. The predicted octanol–water partition coefficient (Wildman–Crippen LogP) is 9.90. The first-order valence-corrected chi connectivity index (χ1v) is 14.0. The summed E-state index contributed by atoms with van der Waals surface area (Å²) in [6.45, 7) is 9.09. The highest BCUT2D eigenvalue weighted by molar-refractivity contribution is 6.09. The van der Waals surface area contributed by atoms with E-state index in [4.69, 9.17) is 9.40 Å². The van der Waals surface area contributed by atoms with Crippen molar-refractivity contribution in [3.8, 4) is 28.2 Å². The predicted molar refractivity (Wildman–Crippen MR) is 165 cm³/mol. The third-order valence-corrected chi connectivity index (χ3v) is 7.85. The number of imidazole rings is 1. The summed E-state index contributed by atoms with van der Waals surface area (Å²) in [6, 6.07) is 31.9. The molecule has 4 aromatic carbocycles. The fourth-order valence-corrected chi connectivity index (χ4v) is 5.87. The number of aromatic nitrogens is 3. The molecule has 0 atom stereocenters. The number of fused-ring (bicyclic) bond motifs is 4. The summed E-state index contributed by atoms with van der Waals surface area (Å²) in [6.07, 6.45) is 3.75. The molecule has 0 saturated heterocycles. The molecular formula is C36H31N3O. The lowest BCUT2D eigenvalue weighted by atomic mass is 9.88. The largest absolute Gasteiger partial charge is 0.455 e. The van der Waals surface area contributed by atoms with Gasteiger partial charge in [-0.15, -0.1) is 0 Å². The van der Waals surface area contributed by atoms with Crippen molar-refractivity contribution in [3.63, 3.8) is 0 Å². The van der Waals surface area contributed by atoms with E-state index in [1.165, 1.54) is 27.9 Å². The topological polar surface area (TPSA) is 43.9 Å². The Morgan fingerprint density at radius 3 is 2.15 bits per heavy atom. The second kappa shape index (κ2) is 9.49. The molecule has 0 aliphatic heterocycles. The van der Waals surface area contributed by atoms with Gasteiger partial charge in [0.1, 0.15) is 17.0 Å². The molecule has 0 bridgehead atoms. The molecule has 0 amide bonds. The van der Waals surface area contributed by atoms with Crippen LogP contribution in [0.25, 0.3) is 61.2 Å². The number of furan rings is 1. The van der Waals surface area contributed by atoms with Gasteiger partial charge in [0.2, 0.25) is 0 Å². The maximum absolute atomic E-state index is 6.49. The average molecular weight is 522 g/mol. The van der Waals surface area contributed by atoms with Crippen molar-refractivity contribution >= 4 is 33.0 Å². The van der Waals surface area contributed by atoms with Crippen molar-refractivity contribution in [3.05, 3.63) is 115 Å². The van der Waals surface area contributed by atoms with Gasteiger partial charge in [-0.2, -0.15) is 0 Å². The van der Waals surface area contributed by atoms with Crippen LogP contribution in [0.2, 0.25) is 0 Å². The van der Waals surface area contributed by atoms with Gasteiger partial charge >= 0.3 is 0 Å². The summed E-state index contributed by atoms with van der Waals surface area (Å²) in [5.74, 6) is 1.45. The Labute approximate surface area is 233 Å². The number of pyridine rings is 1. The van der Waals surface area contributed by atoms with Gasteiger partial charge in [-0.3, -0.25) is 9.55 Å². The molecular weight excluding hydrogens is 490 g/mol. The number of hydrogen-bond donors (Lipinski definition) is 0. The molecule has 0 aliphatic carbocycles. The molecule has 0 radical (unpaired) electrons. The molecule has 0 unspecified atom stereocenters. The molecule has 7 aromatic rings. The Bertz CT molecular complexity index is 1980. The van der Waals surface area contributed by atoms with E-state index in [-0.39, 0.29) is 0 Å². The van der Waals surface area contributed by atoms with Crippen molar-refractivity contribution in [1.29, 1.82) is 0 Å². The molecule has 3 aromatic heterocycles. The van der Waals surface area contributed by atoms with Crippen molar-refractivity contribution in [1.82, 2.24) is 14.5 Å². The molecule has 0 saturated carbocycles. The summed E-state index contributed by atoms with van der Waals surface area (Å²) in [7, 11) is 0. The zero-order valence-corrected chi connectivity index (χ0v) is 23.2. The third-order valence-electron chi connectivity index (χ3n) is 7.85. The van der Waals surface area contributed by atoms with Crippen LogP contribution < -0.4 is 0 Å². The first-order valence-electron chi connectivity index (χ1n) is 14.0. The molecule has 0 aliphatic rings. The van der Waals surface area contributed by atoms with E-state index in [0.29, 0.717) is 11.8 Å². The van der Waals surface area contributed by atoms with Gasteiger partial charge < -0.3 is 4.42 Å². The van der Waals surface area contributed by atoms with E-state index in [1.807, 2.05) is 30.6 Å². The maximum Gasteiger partial charge on any atom is 0.149 e. The second-order valence-electron chi connectivity index (χ2n) is 11.1. The summed E-state index contributed by atoms with van der Waals surface area (Å²) in [5.41, 5.74) is 10.8. The molecule has 4 heteroatoms. The minimum absolute atomic E-state index is 0.292. The van der Waals surface area contributed by atoms with E-state index in [9.17, 15) is 0 Å². The number of nitrogens with zero attached hydrogens (tertiary/aromatic N) is 3. The van der Waals surface area contributed by atoms with Crippen molar-refractivity contribution in [2.75, 3.05) is 0 Å². The fraction of sp³-hybridized carbons (Fsp3) is 0.167. The van der Waals surface area contributed by atoms with Crippen molar-refractivity contribution in [2.45, 2.75) is 39.5 Å². The van der Waals surface area contributed by atoms with Crippen LogP contribution >= 0.6 is 0 Å². The normalized spacial score (nSPS) is 11.9. The van der Waals surface area contributed by atoms with Gasteiger partial charge in [-0.05, 0) is 64.4 Å². The van der Waals surface area contributed by atoms with Gasteiger partial charge in [0, 0.05) is 17.0 Å². The highest BCUT2D eigenvalue weighted by Crippen LogP contribution is 2.42. The Hall–Kier alpha value is -4.70. The van der Waals surface area contributed by atoms with E-state index < -0.39 is 0 Å². The van der Waals surface area contributed by atoms with Crippen LogP contribution in [0.15, 0.2) is 108 Å². The molecule has 7 rings (SSSR count). The zero-order chi connectivity index (χ0) is 27.4. The maximum atomic E-state index is 6.49. The van der Waals surface area contributed by atoms with E-state index in [1.54, 1.807) is 0 Å². The lowest BCUT2D eigenvalue weighted by molar-refractivity contribution is 0.669. The van der Waals surface area contributed by atoms with Gasteiger partial charge in [-0.1, -0.05) is 88.4 Å². The first kappa shape index (κ1) is 24.3. The third kappa shape index (κ3) is 3.83. The lowest BCUT2D eigenvalue weighted by Gasteiger charge is -2.24. The molecule has 4 nitrogen and oxygen atoms in total. The standard InChI is InChI=1S/C36H31N3O/c1-22(2)29-19-25(24-11-6-5-7-12-24)20-30(23(3)4)34(29)39-32-21-37-18-17-31(32)38-36(39)28-15-10-14-27-26-13-8-9-16-33(26)40-35(27)28/h5-23H,1-4H3. The van der Waals surface area contributed by atoms with Crippen LogP contribution in [0.3, 0.4) is 0 Å². The van der Waals surface area contributed by atoms with Crippen LogP contribution in [0.5, 0.6) is 0 Å². The van der Waals surface area contributed by atoms with Gasteiger partial charge in [0.25, 0.3) is 0 Å². The molecule has 40 heavy (non-hydrogen) atoms. The lowest BCUT2D eigenvalue weighted by Crippen LogP contribution is -2.09. The summed E-state index contributed by atoms with van der Waals surface area (Å²) in [4.78, 5) is 9.76. The Morgan fingerprint density at radius 2 is 1.40 bits per heavy atom. The Kier molecular flexibility index (Phi) is 5.78. The highest BCUT2D eigenvalue weighted by atomic mass is 16.3. The molecule has 0 N–H and O–H groups in total. The quantitative estimate of drug-likeness (QED) is 0.226. The zero-order valence-electron chi connectivity index (χ0n) is 23.2. The van der Waals surface area contributed by atoms with Crippen LogP contribution in [-0.2, 0) is 0 Å².